The second kappa shape index (κ2) is 4.64. The SMILES string of the molecule is Cc1cccc(CN)c1OCC(C)(C)O. The molecule has 1 aromatic carbocycles. The van der Waals surface area contributed by atoms with Gasteiger partial charge in [0.2, 0.25) is 0 Å². The number of hydrogen-bond acceptors (Lipinski definition) is 3. The van der Waals surface area contributed by atoms with Gasteiger partial charge in [-0.1, -0.05) is 18.2 Å². The number of aryl methyl sites for hydroxylation is 1. The van der Waals surface area contributed by atoms with Crippen LogP contribution in [0.3, 0.4) is 0 Å². The largest absolute Gasteiger partial charge is 0.490 e. The Kier molecular flexibility index (Phi) is 3.72. The lowest BCUT2D eigenvalue weighted by Gasteiger charge is -2.20. The van der Waals surface area contributed by atoms with Crippen LogP contribution < -0.4 is 10.5 Å². The van der Waals surface area contributed by atoms with Crippen molar-refractivity contribution in [3.05, 3.63) is 29.3 Å². The molecule has 0 fully saturated rings. The van der Waals surface area contributed by atoms with E-state index in [0.29, 0.717) is 6.54 Å². The fourth-order valence-corrected chi connectivity index (χ4v) is 1.33. The molecule has 0 amide bonds. The van der Waals surface area contributed by atoms with Crippen LogP contribution in [0.4, 0.5) is 0 Å². The molecular weight excluding hydrogens is 190 g/mol. The quantitative estimate of drug-likeness (QED) is 0.792. The van der Waals surface area contributed by atoms with Crippen molar-refractivity contribution >= 4 is 0 Å². The molecule has 0 aliphatic heterocycles. The van der Waals surface area contributed by atoms with Gasteiger partial charge < -0.3 is 15.6 Å². The van der Waals surface area contributed by atoms with E-state index in [9.17, 15) is 5.11 Å². The number of ether oxygens (including phenoxy) is 1. The summed E-state index contributed by atoms with van der Waals surface area (Å²) in [5.74, 6) is 0.794. The summed E-state index contributed by atoms with van der Waals surface area (Å²) >= 11 is 0. The number of para-hydroxylation sites is 1. The van der Waals surface area contributed by atoms with E-state index in [0.717, 1.165) is 16.9 Å². The molecule has 1 aromatic rings. The minimum atomic E-state index is -0.825. The Hall–Kier alpha value is -1.06. The topological polar surface area (TPSA) is 55.5 Å². The predicted octanol–water partition coefficient (Wildman–Crippen LogP) is 1.60. The van der Waals surface area contributed by atoms with E-state index in [-0.39, 0.29) is 6.61 Å². The second-order valence-corrected chi connectivity index (χ2v) is 4.37. The van der Waals surface area contributed by atoms with E-state index in [2.05, 4.69) is 0 Å². The molecule has 15 heavy (non-hydrogen) atoms. The van der Waals surface area contributed by atoms with Gasteiger partial charge in [0.05, 0.1) is 5.60 Å². The molecule has 0 bridgehead atoms. The van der Waals surface area contributed by atoms with Crippen LogP contribution in [0, 0.1) is 6.92 Å². The highest BCUT2D eigenvalue weighted by atomic mass is 16.5. The van der Waals surface area contributed by atoms with E-state index >= 15 is 0 Å². The molecule has 3 nitrogen and oxygen atoms in total. The third-order valence-corrected chi connectivity index (χ3v) is 2.08. The van der Waals surface area contributed by atoms with Gasteiger partial charge in [0.25, 0.3) is 0 Å². The summed E-state index contributed by atoms with van der Waals surface area (Å²) in [5.41, 5.74) is 6.81. The van der Waals surface area contributed by atoms with E-state index < -0.39 is 5.60 Å². The van der Waals surface area contributed by atoms with Crippen LogP contribution in [0.2, 0.25) is 0 Å². The standard InChI is InChI=1S/C12H19NO2/c1-9-5-4-6-10(7-13)11(9)15-8-12(2,3)14/h4-6,14H,7-8,13H2,1-3H3. The predicted molar refractivity (Wildman–Crippen MR) is 60.9 cm³/mol. The summed E-state index contributed by atoms with van der Waals surface area (Å²) in [7, 11) is 0. The molecule has 84 valence electrons. The van der Waals surface area contributed by atoms with Gasteiger partial charge in [0.15, 0.2) is 0 Å². The average Bonchev–Trinajstić information content (AvgIpc) is 2.14. The van der Waals surface area contributed by atoms with Gasteiger partial charge in [0.1, 0.15) is 12.4 Å². The maximum atomic E-state index is 9.58. The van der Waals surface area contributed by atoms with Crippen molar-refractivity contribution in [2.75, 3.05) is 6.61 Å². The molecule has 0 saturated heterocycles. The Morgan fingerprint density at radius 2 is 2.07 bits per heavy atom. The summed E-state index contributed by atoms with van der Waals surface area (Å²) < 4.78 is 5.59. The molecule has 0 saturated carbocycles. The van der Waals surface area contributed by atoms with Crippen molar-refractivity contribution in [3.63, 3.8) is 0 Å². The zero-order chi connectivity index (χ0) is 11.5. The molecule has 0 spiro atoms. The van der Waals surface area contributed by atoms with Crippen LogP contribution in [-0.2, 0) is 6.54 Å². The normalized spacial score (nSPS) is 11.5. The van der Waals surface area contributed by atoms with Crippen LogP contribution in [0.25, 0.3) is 0 Å². The number of hydrogen-bond donors (Lipinski definition) is 2. The smallest absolute Gasteiger partial charge is 0.126 e. The fraction of sp³-hybridized carbons (Fsp3) is 0.500. The fourth-order valence-electron chi connectivity index (χ4n) is 1.33. The molecule has 0 unspecified atom stereocenters. The van der Waals surface area contributed by atoms with E-state index in [1.165, 1.54) is 0 Å². The number of aliphatic hydroxyl groups is 1. The first-order valence-electron chi connectivity index (χ1n) is 5.08. The van der Waals surface area contributed by atoms with Gasteiger partial charge in [-0.2, -0.15) is 0 Å². The van der Waals surface area contributed by atoms with Crippen molar-refractivity contribution < 1.29 is 9.84 Å². The van der Waals surface area contributed by atoms with Crippen LogP contribution >= 0.6 is 0 Å². The van der Waals surface area contributed by atoms with Crippen molar-refractivity contribution in [1.82, 2.24) is 0 Å². The number of nitrogens with two attached hydrogens (primary N) is 1. The third-order valence-electron chi connectivity index (χ3n) is 2.08. The minimum Gasteiger partial charge on any atom is -0.490 e. The summed E-state index contributed by atoms with van der Waals surface area (Å²) in [6.45, 7) is 6.12. The summed E-state index contributed by atoms with van der Waals surface area (Å²) in [6.07, 6.45) is 0. The minimum absolute atomic E-state index is 0.269. The molecule has 3 N–H and O–H groups in total. The maximum absolute atomic E-state index is 9.58. The van der Waals surface area contributed by atoms with Gasteiger partial charge in [-0.05, 0) is 26.3 Å². The highest BCUT2D eigenvalue weighted by molar-refractivity contribution is 5.40. The van der Waals surface area contributed by atoms with E-state index in [1.807, 2.05) is 25.1 Å². The maximum Gasteiger partial charge on any atom is 0.126 e. The van der Waals surface area contributed by atoms with Crippen molar-refractivity contribution in [2.24, 2.45) is 5.73 Å². The van der Waals surface area contributed by atoms with Gasteiger partial charge in [-0.15, -0.1) is 0 Å². The van der Waals surface area contributed by atoms with Crippen molar-refractivity contribution in [3.8, 4) is 5.75 Å². The van der Waals surface area contributed by atoms with E-state index in [1.54, 1.807) is 13.8 Å². The zero-order valence-electron chi connectivity index (χ0n) is 9.58. The van der Waals surface area contributed by atoms with Crippen LogP contribution in [0.5, 0.6) is 5.75 Å². The van der Waals surface area contributed by atoms with Gasteiger partial charge >= 0.3 is 0 Å². The molecule has 0 heterocycles. The first-order chi connectivity index (χ1) is 6.94. The van der Waals surface area contributed by atoms with Crippen LogP contribution in [0.1, 0.15) is 25.0 Å². The molecule has 1 rings (SSSR count). The second-order valence-electron chi connectivity index (χ2n) is 4.37. The first kappa shape index (κ1) is 12.0. The molecule has 0 aliphatic rings. The van der Waals surface area contributed by atoms with Crippen molar-refractivity contribution in [2.45, 2.75) is 32.9 Å². The Morgan fingerprint density at radius 1 is 1.40 bits per heavy atom. The highest BCUT2D eigenvalue weighted by Crippen LogP contribution is 2.23. The van der Waals surface area contributed by atoms with Crippen LogP contribution in [0.15, 0.2) is 18.2 Å². The molecule has 0 atom stereocenters. The molecule has 0 aliphatic carbocycles. The summed E-state index contributed by atoms with van der Waals surface area (Å²) in [6, 6.07) is 5.86. The zero-order valence-corrected chi connectivity index (χ0v) is 9.58. The lowest BCUT2D eigenvalue weighted by atomic mass is 10.1. The van der Waals surface area contributed by atoms with Gasteiger partial charge in [-0.3, -0.25) is 0 Å². The molecule has 0 radical (unpaired) electrons. The molecular formula is C12H19NO2. The molecule has 0 aromatic heterocycles. The van der Waals surface area contributed by atoms with E-state index in [4.69, 9.17) is 10.5 Å². The average molecular weight is 209 g/mol. The van der Waals surface area contributed by atoms with Crippen LogP contribution in [-0.4, -0.2) is 17.3 Å². The highest BCUT2D eigenvalue weighted by Gasteiger charge is 2.15. The summed E-state index contributed by atoms with van der Waals surface area (Å²) in [4.78, 5) is 0. The van der Waals surface area contributed by atoms with Gasteiger partial charge in [-0.25, -0.2) is 0 Å². The van der Waals surface area contributed by atoms with Crippen molar-refractivity contribution in [1.29, 1.82) is 0 Å². The number of rotatable bonds is 4. The third kappa shape index (κ3) is 3.53. The number of benzene rings is 1. The summed E-state index contributed by atoms with van der Waals surface area (Å²) in [5, 5.41) is 9.58. The first-order valence-corrected chi connectivity index (χ1v) is 5.08. The van der Waals surface area contributed by atoms with Gasteiger partial charge in [0, 0.05) is 12.1 Å². The lowest BCUT2D eigenvalue weighted by molar-refractivity contribution is 0.0279. The Balaban J connectivity index is 2.83. The lowest BCUT2D eigenvalue weighted by Crippen LogP contribution is -2.28. The Bertz CT molecular complexity index is 329. The molecule has 3 heteroatoms. The Morgan fingerprint density at radius 3 is 2.60 bits per heavy atom. The Labute approximate surface area is 90.9 Å². The monoisotopic (exact) mass is 209 g/mol.